The topological polar surface area (TPSA) is 35.5 Å². The van der Waals surface area contributed by atoms with E-state index >= 15 is 0 Å². The monoisotopic (exact) mass is 252 g/mol. The van der Waals surface area contributed by atoms with Gasteiger partial charge in [-0.2, -0.15) is 0 Å². The van der Waals surface area contributed by atoms with Crippen molar-refractivity contribution in [1.29, 1.82) is 0 Å². The first-order chi connectivity index (χ1) is 7.99. The highest BCUT2D eigenvalue weighted by Gasteiger charge is 2.24. The van der Waals surface area contributed by atoms with Gasteiger partial charge in [0.2, 0.25) is 6.79 Å². The van der Waals surface area contributed by atoms with Gasteiger partial charge in [-0.15, -0.1) is 12.6 Å². The SMILES string of the molecule is CC(C)(CCc1ccc2c(c1)OCO2)C(=O)S. The highest BCUT2D eigenvalue weighted by molar-refractivity contribution is 7.96. The summed E-state index contributed by atoms with van der Waals surface area (Å²) < 4.78 is 10.6. The Hall–Kier alpha value is -1.16. The maximum Gasteiger partial charge on any atom is 0.231 e. The fourth-order valence-corrected chi connectivity index (χ4v) is 1.77. The van der Waals surface area contributed by atoms with Gasteiger partial charge in [0.05, 0.1) is 0 Å². The van der Waals surface area contributed by atoms with Crippen molar-refractivity contribution in [3.8, 4) is 11.5 Å². The summed E-state index contributed by atoms with van der Waals surface area (Å²) in [6.07, 6.45) is 1.60. The van der Waals surface area contributed by atoms with E-state index in [0.29, 0.717) is 6.79 Å². The molecule has 1 heterocycles. The van der Waals surface area contributed by atoms with Crippen molar-refractivity contribution >= 4 is 17.7 Å². The van der Waals surface area contributed by atoms with Crippen molar-refractivity contribution in [1.82, 2.24) is 0 Å². The number of fused-ring (bicyclic) bond motifs is 1. The maximum absolute atomic E-state index is 11.3. The van der Waals surface area contributed by atoms with Gasteiger partial charge in [-0.3, -0.25) is 4.79 Å². The van der Waals surface area contributed by atoms with Crippen LogP contribution in [0.25, 0.3) is 0 Å². The molecule has 0 bridgehead atoms. The van der Waals surface area contributed by atoms with E-state index < -0.39 is 0 Å². The van der Waals surface area contributed by atoms with Crippen molar-refractivity contribution in [3.63, 3.8) is 0 Å². The van der Waals surface area contributed by atoms with Gasteiger partial charge in [0.25, 0.3) is 0 Å². The van der Waals surface area contributed by atoms with E-state index in [4.69, 9.17) is 9.47 Å². The molecule has 0 radical (unpaired) electrons. The van der Waals surface area contributed by atoms with Crippen LogP contribution in [0.4, 0.5) is 0 Å². The van der Waals surface area contributed by atoms with Crippen LogP contribution in [-0.2, 0) is 11.2 Å². The third kappa shape index (κ3) is 2.75. The lowest BCUT2D eigenvalue weighted by atomic mass is 9.87. The predicted octanol–water partition coefficient (Wildman–Crippen LogP) is 2.83. The molecule has 0 fully saturated rings. The number of aryl methyl sites for hydroxylation is 1. The van der Waals surface area contributed by atoms with Crippen LogP contribution < -0.4 is 9.47 Å². The molecule has 4 heteroatoms. The molecule has 0 amide bonds. The third-order valence-electron chi connectivity index (χ3n) is 3.05. The number of carbonyl (C=O) groups is 1. The largest absolute Gasteiger partial charge is 0.454 e. The molecule has 2 rings (SSSR count). The van der Waals surface area contributed by atoms with Crippen LogP contribution in [0.3, 0.4) is 0 Å². The van der Waals surface area contributed by atoms with Crippen LogP contribution in [-0.4, -0.2) is 11.9 Å². The molecule has 0 aliphatic carbocycles. The lowest BCUT2D eigenvalue weighted by Crippen LogP contribution is -2.20. The van der Waals surface area contributed by atoms with E-state index in [1.165, 1.54) is 0 Å². The smallest absolute Gasteiger partial charge is 0.231 e. The lowest BCUT2D eigenvalue weighted by Gasteiger charge is -2.19. The van der Waals surface area contributed by atoms with Gasteiger partial charge in [-0.25, -0.2) is 0 Å². The number of carbonyl (C=O) groups excluding carboxylic acids is 1. The van der Waals surface area contributed by atoms with E-state index in [1.54, 1.807) is 0 Å². The van der Waals surface area contributed by atoms with Crippen LogP contribution in [0.5, 0.6) is 11.5 Å². The van der Waals surface area contributed by atoms with Crippen LogP contribution in [0, 0.1) is 5.41 Å². The van der Waals surface area contributed by atoms with E-state index in [1.807, 2.05) is 32.0 Å². The number of ether oxygens (including phenoxy) is 2. The molecule has 1 aromatic carbocycles. The molecular weight excluding hydrogens is 236 g/mol. The molecule has 1 aromatic rings. The Morgan fingerprint density at radius 1 is 1.35 bits per heavy atom. The molecule has 17 heavy (non-hydrogen) atoms. The fraction of sp³-hybridized carbons (Fsp3) is 0.462. The Kier molecular flexibility index (Phi) is 3.33. The van der Waals surface area contributed by atoms with Gasteiger partial charge in [0.15, 0.2) is 16.6 Å². The van der Waals surface area contributed by atoms with Gasteiger partial charge < -0.3 is 9.47 Å². The van der Waals surface area contributed by atoms with Crippen molar-refractivity contribution < 1.29 is 14.3 Å². The van der Waals surface area contributed by atoms with Crippen LogP contribution in [0.2, 0.25) is 0 Å². The molecule has 0 saturated heterocycles. The van der Waals surface area contributed by atoms with Crippen LogP contribution in [0.1, 0.15) is 25.8 Å². The standard InChI is InChI=1S/C13H16O3S/c1-13(2,12(14)17)6-5-9-3-4-10-11(7-9)16-8-15-10/h3-4,7H,5-6,8H2,1-2H3,(H,14,17). The Morgan fingerprint density at radius 2 is 2.06 bits per heavy atom. The molecule has 0 atom stereocenters. The molecule has 0 aromatic heterocycles. The molecule has 0 N–H and O–H groups in total. The Balaban J connectivity index is 2.03. The second kappa shape index (κ2) is 4.61. The zero-order chi connectivity index (χ0) is 12.5. The summed E-state index contributed by atoms with van der Waals surface area (Å²) in [5.74, 6) is 1.58. The minimum atomic E-state index is -0.389. The molecule has 1 aliphatic heterocycles. The number of rotatable bonds is 4. The molecule has 0 saturated carbocycles. The first kappa shape index (κ1) is 12.3. The van der Waals surface area contributed by atoms with Gasteiger partial charge in [-0.05, 0) is 30.5 Å². The van der Waals surface area contributed by atoms with Gasteiger partial charge >= 0.3 is 0 Å². The summed E-state index contributed by atoms with van der Waals surface area (Å²) in [6, 6.07) is 5.89. The number of hydrogen-bond donors (Lipinski definition) is 1. The van der Waals surface area contributed by atoms with Gasteiger partial charge in [0, 0.05) is 5.41 Å². The van der Waals surface area contributed by atoms with Crippen molar-refractivity contribution in [3.05, 3.63) is 23.8 Å². The second-order valence-electron chi connectivity index (χ2n) is 4.88. The number of thiol groups is 1. The average Bonchev–Trinajstić information content (AvgIpc) is 2.73. The maximum atomic E-state index is 11.3. The number of hydrogen-bond acceptors (Lipinski definition) is 3. The minimum absolute atomic E-state index is 0.0711. The van der Waals surface area contributed by atoms with E-state index in [-0.39, 0.29) is 10.5 Å². The zero-order valence-corrected chi connectivity index (χ0v) is 10.9. The quantitative estimate of drug-likeness (QED) is 0.837. The second-order valence-corrected chi connectivity index (χ2v) is 5.28. The summed E-state index contributed by atoms with van der Waals surface area (Å²) in [5.41, 5.74) is 0.761. The first-order valence-corrected chi connectivity index (χ1v) is 6.06. The molecule has 0 spiro atoms. The Labute approximate surface area is 107 Å². The molecular formula is C13H16O3S. The summed E-state index contributed by atoms with van der Waals surface area (Å²) in [4.78, 5) is 11.3. The lowest BCUT2D eigenvalue weighted by molar-refractivity contribution is -0.118. The molecule has 3 nitrogen and oxygen atoms in total. The zero-order valence-electron chi connectivity index (χ0n) is 10.0. The highest BCUT2D eigenvalue weighted by Crippen LogP contribution is 2.34. The Bertz CT molecular complexity index is 440. The van der Waals surface area contributed by atoms with E-state index in [9.17, 15) is 4.79 Å². The van der Waals surface area contributed by atoms with Gasteiger partial charge in [-0.1, -0.05) is 19.9 Å². The van der Waals surface area contributed by atoms with E-state index in [0.717, 1.165) is 29.9 Å². The normalized spacial score (nSPS) is 13.8. The highest BCUT2D eigenvalue weighted by atomic mass is 32.1. The predicted molar refractivity (Wildman–Crippen MR) is 68.7 cm³/mol. The summed E-state index contributed by atoms with van der Waals surface area (Å²) in [6.45, 7) is 4.12. The van der Waals surface area contributed by atoms with Crippen LogP contribution >= 0.6 is 12.6 Å². The molecule has 1 aliphatic rings. The summed E-state index contributed by atoms with van der Waals surface area (Å²) >= 11 is 3.91. The average molecular weight is 252 g/mol. The molecule has 0 unspecified atom stereocenters. The van der Waals surface area contributed by atoms with Crippen molar-refractivity contribution in [2.24, 2.45) is 5.41 Å². The summed E-state index contributed by atoms with van der Waals surface area (Å²) in [5, 5.41) is -0.0711. The minimum Gasteiger partial charge on any atom is -0.454 e. The fourth-order valence-electron chi connectivity index (χ4n) is 1.66. The van der Waals surface area contributed by atoms with Gasteiger partial charge in [0.1, 0.15) is 0 Å². The molecule has 92 valence electrons. The Morgan fingerprint density at radius 3 is 2.76 bits per heavy atom. The van der Waals surface area contributed by atoms with Crippen molar-refractivity contribution in [2.75, 3.05) is 6.79 Å². The first-order valence-electron chi connectivity index (χ1n) is 5.61. The number of benzene rings is 1. The third-order valence-corrected chi connectivity index (χ3v) is 3.66. The van der Waals surface area contributed by atoms with Crippen LogP contribution in [0.15, 0.2) is 18.2 Å². The summed E-state index contributed by atoms with van der Waals surface area (Å²) in [7, 11) is 0. The van der Waals surface area contributed by atoms with E-state index in [2.05, 4.69) is 12.6 Å². The van der Waals surface area contributed by atoms with Crippen molar-refractivity contribution in [2.45, 2.75) is 26.7 Å².